The molecule has 3 heterocycles. The second-order valence-corrected chi connectivity index (χ2v) is 5.52. The number of hydrogen-bond acceptors (Lipinski definition) is 8. The predicted octanol–water partition coefficient (Wildman–Crippen LogP) is -0.687. The Kier molecular flexibility index (Phi) is 3.69. The van der Waals surface area contributed by atoms with E-state index in [1.54, 1.807) is 0 Å². The van der Waals surface area contributed by atoms with Crippen molar-refractivity contribution in [1.82, 2.24) is 14.5 Å². The second kappa shape index (κ2) is 5.43. The van der Waals surface area contributed by atoms with Crippen molar-refractivity contribution >= 4 is 11.0 Å². The van der Waals surface area contributed by atoms with Gasteiger partial charge < -0.3 is 29.4 Å². The number of ether oxygens (including phenoxy) is 2. The molecule has 2 aromatic heterocycles. The summed E-state index contributed by atoms with van der Waals surface area (Å²) in [6.45, 7) is 0.949. The van der Waals surface area contributed by atoms with Gasteiger partial charge in [-0.1, -0.05) is 0 Å². The molecule has 9 heteroatoms. The highest BCUT2D eigenvalue weighted by Crippen LogP contribution is 2.41. The van der Waals surface area contributed by atoms with Crippen molar-refractivity contribution in [3.05, 3.63) is 18.1 Å². The first-order chi connectivity index (χ1) is 11.0. The molecule has 0 amide bonds. The molecule has 3 rings (SSSR count). The van der Waals surface area contributed by atoms with Crippen LogP contribution in [0.2, 0.25) is 0 Å². The molecule has 1 fully saturated rings. The molecule has 3 N–H and O–H groups in total. The molecule has 0 saturated carbocycles. The van der Waals surface area contributed by atoms with Crippen LogP contribution in [0.5, 0.6) is 5.88 Å². The summed E-state index contributed by atoms with van der Waals surface area (Å²) >= 11 is 0. The molecule has 1 saturated heterocycles. The molecule has 1 aliphatic heterocycles. The Labute approximate surface area is 131 Å². The summed E-state index contributed by atoms with van der Waals surface area (Å²) in [5, 5.41) is 39.7. The average Bonchev–Trinajstić information content (AvgIpc) is 3.03. The fourth-order valence-electron chi connectivity index (χ4n) is 2.87. The van der Waals surface area contributed by atoms with Crippen LogP contribution in [0.3, 0.4) is 0 Å². The minimum atomic E-state index is -1.68. The lowest BCUT2D eigenvalue weighted by Gasteiger charge is -2.27. The number of rotatable bonds is 3. The van der Waals surface area contributed by atoms with Crippen LogP contribution in [-0.4, -0.2) is 61.4 Å². The summed E-state index contributed by atoms with van der Waals surface area (Å²) in [7, 11) is 1.42. The van der Waals surface area contributed by atoms with Crippen LogP contribution >= 0.6 is 0 Å². The van der Waals surface area contributed by atoms with E-state index < -0.39 is 30.6 Å². The summed E-state index contributed by atoms with van der Waals surface area (Å²) in [5.74, 6) is 0.224. The molecule has 9 nitrogen and oxygen atoms in total. The van der Waals surface area contributed by atoms with E-state index in [0.29, 0.717) is 11.0 Å². The van der Waals surface area contributed by atoms with Crippen molar-refractivity contribution in [2.75, 3.05) is 13.7 Å². The van der Waals surface area contributed by atoms with Gasteiger partial charge in [-0.3, -0.25) is 0 Å². The third kappa shape index (κ3) is 2.15. The van der Waals surface area contributed by atoms with Crippen molar-refractivity contribution in [3.63, 3.8) is 0 Å². The molecule has 1 aliphatic rings. The van der Waals surface area contributed by atoms with E-state index in [-0.39, 0.29) is 11.4 Å². The monoisotopic (exact) mass is 320 g/mol. The van der Waals surface area contributed by atoms with Crippen molar-refractivity contribution < 1.29 is 24.8 Å². The normalized spacial score (nSPS) is 30.5. The number of fused-ring (bicyclic) bond motifs is 1. The molecule has 0 aliphatic carbocycles. The molecule has 0 unspecified atom stereocenters. The van der Waals surface area contributed by atoms with Crippen molar-refractivity contribution in [2.45, 2.75) is 31.0 Å². The molecule has 2 aromatic rings. The Balaban J connectivity index is 2.20. The largest absolute Gasteiger partial charge is 0.480 e. The van der Waals surface area contributed by atoms with E-state index in [0.717, 1.165) is 0 Å². The fourth-order valence-corrected chi connectivity index (χ4v) is 2.87. The maximum absolute atomic E-state index is 10.6. The maximum Gasteiger partial charge on any atom is 0.227 e. The van der Waals surface area contributed by atoms with Crippen LogP contribution in [0.25, 0.3) is 11.0 Å². The molecular formula is C14H16N4O5. The highest BCUT2D eigenvalue weighted by atomic mass is 16.6. The fraction of sp³-hybridized carbons (Fsp3) is 0.500. The van der Waals surface area contributed by atoms with Gasteiger partial charge in [0.05, 0.1) is 24.7 Å². The predicted molar refractivity (Wildman–Crippen MR) is 76.4 cm³/mol. The van der Waals surface area contributed by atoms with E-state index in [1.807, 2.05) is 6.07 Å². The van der Waals surface area contributed by atoms with E-state index in [9.17, 15) is 20.6 Å². The average molecular weight is 320 g/mol. The van der Waals surface area contributed by atoms with Gasteiger partial charge in [0.25, 0.3) is 0 Å². The zero-order chi connectivity index (χ0) is 16.8. The van der Waals surface area contributed by atoms with Gasteiger partial charge in [0.1, 0.15) is 30.2 Å². The number of aliphatic hydroxyl groups is 3. The zero-order valence-corrected chi connectivity index (χ0v) is 12.5. The molecule has 0 spiro atoms. The number of aliphatic hydroxyl groups excluding tert-OH is 2. The first-order valence-electron chi connectivity index (χ1n) is 6.92. The summed E-state index contributed by atoms with van der Waals surface area (Å²) in [4.78, 5) is 8.10. The van der Waals surface area contributed by atoms with E-state index in [4.69, 9.17) is 9.47 Å². The van der Waals surface area contributed by atoms with Crippen LogP contribution in [0, 0.1) is 11.3 Å². The lowest BCUT2D eigenvalue weighted by atomic mass is 9.96. The van der Waals surface area contributed by atoms with Crippen LogP contribution in [-0.2, 0) is 4.74 Å². The molecule has 23 heavy (non-hydrogen) atoms. The van der Waals surface area contributed by atoms with Gasteiger partial charge in [-0.25, -0.2) is 9.97 Å². The summed E-state index contributed by atoms with van der Waals surface area (Å²) < 4.78 is 12.2. The Morgan fingerprint density at radius 3 is 2.83 bits per heavy atom. The van der Waals surface area contributed by atoms with Crippen molar-refractivity contribution in [1.29, 1.82) is 5.26 Å². The van der Waals surface area contributed by atoms with E-state index in [1.165, 1.54) is 31.1 Å². The van der Waals surface area contributed by atoms with Crippen LogP contribution in [0.15, 0.2) is 12.5 Å². The van der Waals surface area contributed by atoms with Crippen LogP contribution in [0.4, 0.5) is 0 Å². The summed E-state index contributed by atoms with van der Waals surface area (Å²) in [6.07, 6.45) is -0.541. The molecule has 122 valence electrons. The first-order valence-corrected chi connectivity index (χ1v) is 6.92. The molecular weight excluding hydrogens is 304 g/mol. The minimum absolute atomic E-state index is 0.224. The van der Waals surface area contributed by atoms with E-state index in [2.05, 4.69) is 9.97 Å². The third-order valence-electron chi connectivity index (χ3n) is 4.08. The highest BCUT2D eigenvalue weighted by Gasteiger charge is 2.53. The Hall–Kier alpha value is -2.25. The molecule has 4 atom stereocenters. The maximum atomic E-state index is 10.6. The van der Waals surface area contributed by atoms with Gasteiger partial charge in [-0.15, -0.1) is 0 Å². The van der Waals surface area contributed by atoms with Gasteiger partial charge in [0.2, 0.25) is 5.88 Å². The van der Waals surface area contributed by atoms with Gasteiger partial charge >= 0.3 is 0 Å². The van der Waals surface area contributed by atoms with Gasteiger partial charge in [0.15, 0.2) is 11.9 Å². The number of nitrogens with zero attached hydrogens (tertiary/aromatic N) is 4. The van der Waals surface area contributed by atoms with Crippen LogP contribution in [0.1, 0.15) is 18.7 Å². The smallest absolute Gasteiger partial charge is 0.227 e. The number of hydrogen-bond donors (Lipinski definition) is 3. The van der Waals surface area contributed by atoms with E-state index >= 15 is 0 Å². The number of nitriles is 1. The Morgan fingerprint density at radius 2 is 2.26 bits per heavy atom. The molecule has 0 bridgehead atoms. The SMILES string of the molecule is COc1ncnc2c1c(C#N)cn2[C@@H]1O[C@H](CO)[C@@H](O)[C@@]1(C)O. The first kappa shape index (κ1) is 15.6. The Morgan fingerprint density at radius 1 is 1.52 bits per heavy atom. The van der Waals surface area contributed by atoms with Gasteiger partial charge in [-0.05, 0) is 6.92 Å². The number of aromatic nitrogens is 3. The van der Waals surface area contributed by atoms with Crippen molar-refractivity contribution in [3.8, 4) is 11.9 Å². The lowest BCUT2D eigenvalue weighted by Crippen LogP contribution is -2.44. The standard InChI is InChI=1S/C14H16N4O5/c1-14(21)10(20)8(5-19)23-13(14)18-4-7(3-15)9-11(18)16-6-17-12(9)22-2/h4,6,8,10,13,19-21H,5H2,1-2H3/t8-,10-,13-,14-/m1/s1. The molecule has 0 aromatic carbocycles. The zero-order valence-electron chi connectivity index (χ0n) is 12.5. The quantitative estimate of drug-likeness (QED) is 0.677. The summed E-state index contributed by atoms with van der Waals surface area (Å²) in [6, 6.07) is 2.02. The summed E-state index contributed by atoms with van der Waals surface area (Å²) in [5.41, 5.74) is -1.10. The third-order valence-corrected chi connectivity index (χ3v) is 4.08. The van der Waals surface area contributed by atoms with Gasteiger partial charge in [0, 0.05) is 6.20 Å². The highest BCUT2D eigenvalue weighted by molar-refractivity contribution is 5.88. The second-order valence-electron chi connectivity index (χ2n) is 5.52. The minimum Gasteiger partial charge on any atom is -0.480 e. The van der Waals surface area contributed by atoms with Gasteiger partial charge in [-0.2, -0.15) is 5.26 Å². The Bertz CT molecular complexity index is 781. The topological polar surface area (TPSA) is 134 Å². The lowest BCUT2D eigenvalue weighted by molar-refractivity contribution is -0.0948. The number of methoxy groups -OCH3 is 1. The van der Waals surface area contributed by atoms with Crippen molar-refractivity contribution in [2.24, 2.45) is 0 Å². The molecule has 0 radical (unpaired) electrons. The van der Waals surface area contributed by atoms with Crippen LogP contribution < -0.4 is 4.74 Å².